The molecule has 20 heavy (non-hydrogen) atoms. The lowest BCUT2D eigenvalue weighted by Crippen LogP contribution is -2.34. The minimum Gasteiger partial charge on any atom is -0.367 e. The minimum absolute atomic E-state index is 0.144. The van der Waals surface area contributed by atoms with Crippen LogP contribution < -0.4 is 10.2 Å². The fourth-order valence-corrected chi connectivity index (χ4v) is 2.58. The van der Waals surface area contributed by atoms with Crippen LogP contribution in [0.3, 0.4) is 0 Å². The topological polar surface area (TPSA) is 15.3 Å². The Hall–Kier alpha value is -1.16. The summed E-state index contributed by atoms with van der Waals surface area (Å²) in [6, 6.07) is 3.20. The third kappa shape index (κ3) is 3.69. The van der Waals surface area contributed by atoms with E-state index in [1.54, 1.807) is 0 Å². The number of hydrogen-bond acceptors (Lipinski definition) is 2. The molecule has 0 amide bonds. The predicted molar refractivity (Wildman–Crippen MR) is 78.9 cm³/mol. The summed E-state index contributed by atoms with van der Waals surface area (Å²) in [5.41, 5.74) is 0.799. The van der Waals surface area contributed by atoms with E-state index >= 15 is 0 Å². The smallest absolute Gasteiger partial charge is 0.149 e. The quantitative estimate of drug-likeness (QED) is 0.906. The molecule has 1 heterocycles. The monoisotopic (exact) mass is 282 g/mol. The van der Waals surface area contributed by atoms with Gasteiger partial charge < -0.3 is 10.2 Å². The second-order valence-electron chi connectivity index (χ2n) is 6.11. The second-order valence-corrected chi connectivity index (χ2v) is 6.11. The Morgan fingerprint density at radius 2 is 1.75 bits per heavy atom. The number of nitrogens with zero attached hydrogens (tertiary/aromatic N) is 1. The van der Waals surface area contributed by atoms with Gasteiger partial charge in [0.05, 0.1) is 0 Å². The average Bonchev–Trinajstić information content (AvgIpc) is 2.38. The maximum Gasteiger partial charge on any atom is 0.149 e. The summed E-state index contributed by atoms with van der Waals surface area (Å²) < 4.78 is 28.4. The summed E-state index contributed by atoms with van der Waals surface area (Å²) in [5.74, 6) is -0.243. The molecule has 0 bridgehead atoms. The molecule has 1 aromatic rings. The lowest BCUT2D eigenvalue weighted by Gasteiger charge is -2.32. The minimum atomic E-state index is -0.444. The third-order valence-corrected chi connectivity index (χ3v) is 3.89. The van der Waals surface area contributed by atoms with Gasteiger partial charge in [-0.25, -0.2) is 8.78 Å². The number of nitrogens with one attached hydrogen (secondary N) is 1. The van der Waals surface area contributed by atoms with E-state index in [0.717, 1.165) is 25.9 Å². The highest BCUT2D eigenvalue weighted by Crippen LogP contribution is 2.29. The molecule has 4 heteroatoms. The molecule has 1 aliphatic rings. The van der Waals surface area contributed by atoms with Gasteiger partial charge in [-0.3, -0.25) is 0 Å². The second kappa shape index (κ2) is 6.53. The van der Waals surface area contributed by atoms with E-state index in [9.17, 15) is 8.78 Å². The van der Waals surface area contributed by atoms with Crippen LogP contribution in [-0.2, 0) is 6.54 Å². The molecule has 1 saturated heterocycles. The molecule has 0 unspecified atom stereocenters. The maximum absolute atomic E-state index is 14.2. The van der Waals surface area contributed by atoms with Gasteiger partial charge in [0.1, 0.15) is 17.3 Å². The Labute approximate surface area is 120 Å². The number of rotatable bonds is 4. The summed E-state index contributed by atoms with van der Waals surface area (Å²) in [5, 5.41) is 3.17. The zero-order valence-electron chi connectivity index (χ0n) is 12.5. The van der Waals surface area contributed by atoms with Crippen LogP contribution in [0.15, 0.2) is 12.1 Å². The zero-order valence-corrected chi connectivity index (χ0v) is 12.5. The van der Waals surface area contributed by atoms with Crippen LogP contribution in [0.25, 0.3) is 0 Å². The van der Waals surface area contributed by atoms with Crippen molar-refractivity contribution >= 4 is 5.69 Å². The predicted octanol–water partition coefficient (Wildman–Crippen LogP) is 3.70. The lowest BCUT2D eigenvalue weighted by molar-refractivity contribution is 0.429. The molecule has 1 N–H and O–H groups in total. The highest BCUT2D eigenvalue weighted by Gasteiger charge is 2.22. The molecular weight excluding hydrogens is 258 g/mol. The van der Waals surface area contributed by atoms with Crippen LogP contribution in [0, 0.1) is 17.6 Å². The highest BCUT2D eigenvalue weighted by molar-refractivity contribution is 5.51. The molecule has 0 spiro atoms. The molecule has 0 radical (unpaired) electrons. The molecule has 1 aromatic carbocycles. The van der Waals surface area contributed by atoms with Crippen molar-refractivity contribution in [2.75, 3.05) is 18.0 Å². The number of hydrogen-bond donors (Lipinski definition) is 1. The summed E-state index contributed by atoms with van der Waals surface area (Å²) in [7, 11) is 0. The molecule has 1 aliphatic heterocycles. The van der Waals surface area contributed by atoms with Crippen molar-refractivity contribution in [3.8, 4) is 0 Å². The standard InChI is InChI=1S/C16H24F2N2/c1-11(2)19-10-13-8-14(17)16(15(18)9-13)20-6-4-12(3)5-7-20/h8-9,11-12,19H,4-7,10H2,1-3H3. The van der Waals surface area contributed by atoms with Gasteiger partial charge in [-0.05, 0) is 36.5 Å². The Morgan fingerprint density at radius 3 is 2.25 bits per heavy atom. The van der Waals surface area contributed by atoms with Crippen LogP contribution >= 0.6 is 0 Å². The molecule has 2 rings (SSSR count). The van der Waals surface area contributed by atoms with Crippen LogP contribution in [0.1, 0.15) is 39.2 Å². The van der Waals surface area contributed by atoms with Crippen molar-refractivity contribution in [2.45, 2.75) is 46.2 Å². The first-order valence-corrected chi connectivity index (χ1v) is 7.43. The molecule has 0 aliphatic carbocycles. The average molecular weight is 282 g/mol. The van der Waals surface area contributed by atoms with Crippen LogP contribution in [-0.4, -0.2) is 19.1 Å². The van der Waals surface area contributed by atoms with Crippen molar-refractivity contribution in [2.24, 2.45) is 5.92 Å². The van der Waals surface area contributed by atoms with Gasteiger partial charge in [0.2, 0.25) is 0 Å². The lowest BCUT2D eigenvalue weighted by atomic mass is 9.98. The van der Waals surface area contributed by atoms with E-state index in [0.29, 0.717) is 24.1 Å². The van der Waals surface area contributed by atoms with Crippen LogP contribution in [0.4, 0.5) is 14.5 Å². The summed E-state index contributed by atoms with van der Waals surface area (Å²) in [6.45, 7) is 8.16. The molecular formula is C16H24F2N2. The van der Waals surface area contributed by atoms with Crippen molar-refractivity contribution in [3.63, 3.8) is 0 Å². The van der Waals surface area contributed by atoms with Crippen LogP contribution in [0.5, 0.6) is 0 Å². The fraction of sp³-hybridized carbons (Fsp3) is 0.625. The Balaban J connectivity index is 2.14. The summed E-state index contributed by atoms with van der Waals surface area (Å²) in [4.78, 5) is 1.84. The van der Waals surface area contributed by atoms with Gasteiger partial charge in [0, 0.05) is 25.7 Å². The van der Waals surface area contributed by atoms with E-state index in [4.69, 9.17) is 0 Å². The van der Waals surface area contributed by atoms with Crippen molar-refractivity contribution in [1.82, 2.24) is 5.32 Å². The summed E-state index contributed by atoms with van der Waals surface area (Å²) >= 11 is 0. The zero-order chi connectivity index (χ0) is 14.7. The molecule has 112 valence electrons. The summed E-state index contributed by atoms with van der Waals surface area (Å²) in [6.07, 6.45) is 1.99. The molecule has 0 aromatic heterocycles. The van der Waals surface area contributed by atoms with Crippen LogP contribution in [0.2, 0.25) is 0 Å². The number of halogens is 2. The van der Waals surface area contributed by atoms with E-state index < -0.39 is 11.6 Å². The Kier molecular flexibility index (Phi) is 4.97. The van der Waals surface area contributed by atoms with Gasteiger partial charge in [-0.2, -0.15) is 0 Å². The number of benzene rings is 1. The first kappa shape index (κ1) is 15.2. The first-order chi connectivity index (χ1) is 9.47. The van der Waals surface area contributed by atoms with Gasteiger partial charge >= 0.3 is 0 Å². The normalized spacial score (nSPS) is 17.0. The maximum atomic E-state index is 14.2. The van der Waals surface area contributed by atoms with Gasteiger partial charge in [-0.15, -0.1) is 0 Å². The van der Waals surface area contributed by atoms with Gasteiger partial charge in [-0.1, -0.05) is 20.8 Å². The SMILES string of the molecule is CC1CCN(c2c(F)cc(CNC(C)C)cc2F)CC1. The number of anilines is 1. The van der Waals surface area contributed by atoms with E-state index in [1.165, 1.54) is 12.1 Å². The third-order valence-electron chi connectivity index (χ3n) is 3.89. The van der Waals surface area contributed by atoms with E-state index in [2.05, 4.69) is 12.2 Å². The fourth-order valence-electron chi connectivity index (χ4n) is 2.58. The highest BCUT2D eigenvalue weighted by atomic mass is 19.1. The van der Waals surface area contributed by atoms with Gasteiger partial charge in [0.25, 0.3) is 0 Å². The largest absolute Gasteiger partial charge is 0.367 e. The van der Waals surface area contributed by atoms with E-state index in [1.807, 2.05) is 18.7 Å². The molecule has 2 nitrogen and oxygen atoms in total. The van der Waals surface area contributed by atoms with Crippen molar-refractivity contribution in [3.05, 3.63) is 29.3 Å². The molecule has 1 fully saturated rings. The molecule has 0 atom stereocenters. The molecule has 0 saturated carbocycles. The first-order valence-electron chi connectivity index (χ1n) is 7.43. The van der Waals surface area contributed by atoms with Crippen molar-refractivity contribution in [1.29, 1.82) is 0 Å². The number of piperidine rings is 1. The Morgan fingerprint density at radius 1 is 1.20 bits per heavy atom. The van der Waals surface area contributed by atoms with Crippen molar-refractivity contribution < 1.29 is 8.78 Å². The van der Waals surface area contributed by atoms with Gasteiger partial charge in [0.15, 0.2) is 0 Å². The van der Waals surface area contributed by atoms with E-state index in [-0.39, 0.29) is 5.69 Å². The Bertz CT molecular complexity index is 429.